The van der Waals surface area contributed by atoms with Crippen LogP contribution in [0.4, 0.5) is 5.69 Å². The van der Waals surface area contributed by atoms with Crippen LogP contribution in [0.5, 0.6) is 5.75 Å². The molecule has 0 aliphatic carbocycles. The number of esters is 1. The fourth-order valence-electron chi connectivity index (χ4n) is 1.83. The van der Waals surface area contributed by atoms with E-state index in [1.807, 2.05) is 0 Å². The van der Waals surface area contributed by atoms with Gasteiger partial charge in [0, 0.05) is 6.07 Å². The van der Waals surface area contributed by atoms with E-state index in [1.165, 1.54) is 6.07 Å². The number of Topliss-reactive ketones (excluding diaryl/α,β-unsaturated/α-hetero) is 1. The molecule has 0 unspecified atom stereocenters. The van der Waals surface area contributed by atoms with Crippen molar-refractivity contribution < 1.29 is 24.0 Å². The number of benzene rings is 1. The molecule has 21 heavy (non-hydrogen) atoms. The summed E-state index contributed by atoms with van der Waals surface area (Å²) in [6, 6.07) is 3.09. The maximum absolute atomic E-state index is 11.6. The molecule has 7 heteroatoms. The van der Waals surface area contributed by atoms with Crippen LogP contribution in [0.2, 0.25) is 0 Å². The summed E-state index contributed by atoms with van der Waals surface area (Å²) in [5.41, 5.74) is 1.09. The van der Waals surface area contributed by atoms with E-state index in [0.29, 0.717) is 5.56 Å². The lowest BCUT2D eigenvalue weighted by molar-refractivity contribution is -0.385. The van der Waals surface area contributed by atoms with Crippen LogP contribution in [-0.4, -0.2) is 29.9 Å². The molecule has 0 amide bonds. The van der Waals surface area contributed by atoms with E-state index in [2.05, 4.69) is 4.74 Å². The molecule has 1 aromatic carbocycles. The normalized spacial score (nSPS) is 10.0. The minimum Gasteiger partial charge on any atom is -0.479 e. The Morgan fingerprint density at radius 3 is 2.52 bits per heavy atom. The zero-order valence-electron chi connectivity index (χ0n) is 12.2. The van der Waals surface area contributed by atoms with Gasteiger partial charge in [-0.05, 0) is 31.9 Å². The molecule has 0 aliphatic heterocycles. The quantitative estimate of drug-likeness (QED) is 0.331. The highest BCUT2D eigenvalue weighted by Gasteiger charge is 2.20. The molecular weight excluding hydrogens is 278 g/mol. The van der Waals surface area contributed by atoms with Gasteiger partial charge in [0.1, 0.15) is 13.0 Å². The molecule has 0 N–H and O–H groups in total. The minimum absolute atomic E-state index is 0.0443. The summed E-state index contributed by atoms with van der Waals surface area (Å²) in [4.78, 5) is 33.1. The first-order valence-electron chi connectivity index (χ1n) is 6.41. The summed E-state index contributed by atoms with van der Waals surface area (Å²) >= 11 is 0. The van der Waals surface area contributed by atoms with E-state index in [1.54, 1.807) is 26.8 Å². The number of nitro benzene ring substituents is 1. The first-order valence-corrected chi connectivity index (χ1v) is 6.41. The van der Waals surface area contributed by atoms with E-state index in [4.69, 9.17) is 4.74 Å². The van der Waals surface area contributed by atoms with Gasteiger partial charge in [-0.1, -0.05) is 6.07 Å². The minimum atomic E-state index is -0.638. The van der Waals surface area contributed by atoms with Gasteiger partial charge in [-0.2, -0.15) is 0 Å². The molecule has 0 aliphatic rings. The van der Waals surface area contributed by atoms with Gasteiger partial charge in [-0.15, -0.1) is 0 Å². The van der Waals surface area contributed by atoms with Crippen molar-refractivity contribution in [2.24, 2.45) is 0 Å². The van der Waals surface area contributed by atoms with Crippen LogP contribution < -0.4 is 4.74 Å². The van der Waals surface area contributed by atoms with Crippen molar-refractivity contribution in [3.05, 3.63) is 33.4 Å². The molecule has 0 aromatic heterocycles. The Labute approximate surface area is 122 Å². The molecular formula is C14H17NO6. The van der Waals surface area contributed by atoms with Gasteiger partial charge >= 0.3 is 11.7 Å². The summed E-state index contributed by atoms with van der Waals surface area (Å²) in [5, 5.41) is 11.0. The third-order valence-corrected chi connectivity index (χ3v) is 2.62. The van der Waals surface area contributed by atoms with Gasteiger partial charge in [0.05, 0.1) is 11.5 Å². The molecule has 1 rings (SSSR count). The van der Waals surface area contributed by atoms with Gasteiger partial charge in [-0.3, -0.25) is 19.7 Å². The molecule has 0 heterocycles. The van der Waals surface area contributed by atoms with E-state index in [-0.39, 0.29) is 18.0 Å². The number of carbonyl (C=O) groups excluding carboxylic acids is 2. The van der Waals surface area contributed by atoms with E-state index in [9.17, 15) is 19.7 Å². The number of nitro groups is 1. The number of carbonyl (C=O) groups is 2. The number of aryl methyl sites for hydroxylation is 2. The molecule has 114 valence electrons. The van der Waals surface area contributed by atoms with Gasteiger partial charge in [0.2, 0.25) is 5.75 Å². The van der Waals surface area contributed by atoms with Gasteiger partial charge in [0.25, 0.3) is 0 Å². The number of hydrogen-bond donors (Lipinski definition) is 0. The zero-order chi connectivity index (χ0) is 16.0. The number of ether oxygens (including phenoxy) is 2. The van der Waals surface area contributed by atoms with E-state index >= 15 is 0 Å². The maximum Gasteiger partial charge on any atom is 0.313 e. The summed E-state index contributed by atoms with van der Waals surface area (Å²) in [7, 11) is 0. The van der Waals surface area contributed by atoms with Gasteiger partial charge in [-0.25, -0.2) is 0 Å². The van der Waals surface area contributed by atoms with Gasteiger partial charge < -0.3 is 9.47 Å². The third kappa shape index (κ3) is 4.87. The molecule has 7 nitrogen and oxygen atoms in total. The monoisotopic (exact) mass is 295 g/mol. The van der Waals surface area contributed by atoms with Crippen LogP contribution >= 0.6 is 0 Å². The fourth-order valence-corrected chi connectivity index (χ4v) is 1.83. The highest BCUT2D eigenvalue weighted by Crippen LogP contribution is 2.31. The molecule has 0 fully saturated rings. The Balaban J connectivity index is 2.77. The summed E-state index contributed by atoms with van der Waals surface area (Å²) in [6.45, 7) is 4.80. The molecule has 0 spiro atoms. The van der Waals surface area contributed by atoms with E-state index in [0.717, 1.165) is 5.56 Å². The van der Waals surface area contributed by atoms with Crippen molar-refractivity contribution in [3.8, 4) is 5.75 Å². The Morgan fingerprint density at radius 2 is 1.95 bits per heavy atom. The lowest BCUT2D eigenvalue weighted by Crippen LogP contribution is -2.18. The van der Waals surface area contributed by atoms with Crippen molar-refractivity contribution >= 4 is 17.4 Å². The third-order valence-electron chi connectivity index (χ3n) is 2.62. The lowest BCUT2D eigenvalue weighted by Gasteiger charge is -2.09. The van der Waals surface area contributed by atoms with Crippen molar-refractivity contribution in [1.82, 2.24) is 0 Å². The van der Waals surface area contributed by atoms with Crippen LogP contribution in [0.15, 0.2) is 12.1 Å². The number of rotatable bonds is 7. The van der Waals surface area contributed by atoms with Crippen LogP contribution in [0.25, 0.3) is 0 Å². The molecule has 0 atom stereocenters. The molecule has 0 radical (unpaired) electrons. The maximum atomic E-state index is 11.6. The summed E-state index contributed by atoms with van der Waals surface area (Å²) < 4.78 is 9.87. The van der Waals surface area contributed by atoms with Crippen molar-refractivity contribution in [3.63, 3.8) is 0 Å². The summed E-state index contributed by atoms with van der Waals surface area (Å²) in [5.74, 6) is -1.09. The van der Waals surface area contributed by atoms with Crippen molar-refractivity contribution in [2.45, 2.75) is 27.2 Å². The van der Waals surface area contributed by atoms with Crippen LogP contribution in [-0.2, 0) is 14.3 Å². The highest BCUT2D eigenvalue weighted by molar-refractivity contribution is 5.96. The first-order chi connectivity index (χ1) is 9.85. The van der Waals surface area contributed by atoms with Gasteiger partial charge in [0.15, 0.2) is 5.78 Å². The SMILES string of the molecule is CCOC(=O)CC(=O)COc1c(C)cc(C)cc1[N+](=O)[O-]. The van der Waals surface area contributed by atoms with Crippen LogP contribution in [0, 0.1) is 24.0 Å². The van der Waals surface area contributed by atoms with Crippen LogP contribution in [0.3, 0.4) is 0 Å². The Morgan fingerprint density at radius 1 is 1.29 bits per heavy atom. The zero-order valence-corrected chi connectivity index (χ0v) is 12.2. The average molecular weight is 295 g/mol. The second-order valence-electron chi connectivity index (χ2n) is 4.50. The second kappa shape index (κ2) is 7.37. The molecule has 0 saturated carbocycles. The fraction of sp³-hybridized carbons (Fsp3) is 0.429. The highest BCUT2D eigenvalue weighted by atomic mass is 16.6. The molecule has 0 bridgehead atoms. The second-order valence-corrected chi connectivity index (χ2v) is 4.50. The predicted octanol–water partition coefficient (Wildman–Crippen LogP) is 2.11. The predicted molar refractivity (Wildman–Crippen MR) is 74.3 cm³/mol. The Hall–Kier alpha value is -2.44. The lowest BCUT2D eigenvalue weighted by atomic mass is 10.1. The topological polar surface area (TPSA) is 95.7 Å². The van der Waals surface area contributed by atoms with Crippen molar-refractivity contribution in [2.75, 3.05) is 13.2 Å². The summed E-state index contributed by atoms with van der Waals surface area (Å²) in [6.07, 6.45) is -0.410. The average Bonchev–Trinajstić information content (AvgIpc) is 2.36. The number of hydrogen-bond acceptors (Lipinski definition) is 6. The number of ketones is 1. The van der Waals surface area contributed by atoms with E-state index < -0.39 is 29.7 Å². The van der Waals surface area contributed by atoms with Crippen LogP contribution in [0.1, 0.15) is 24.5 Å². The molecule has 1 aromatic rings. The number of nitrogens with zero attached hydrogens (tertiary/aromatic N) is 1. The first kappa shape index (κ1) is 16.6. The largest absolute Gasteiger partial charge is 0.479 e. The Kier molecular flexibility index (Phi) is 5.83. The smallest absolute Gasteiger partial charge is 0.313 e. The standard InChI is InChI=1S/C14H17NO6/c1-4-20-13(17)7-11(16)8-21-14-10(3)5-9(2)6-12(14)15(18)19/h5-6H,4,7-8H2,1-3H3. The van der Waals surface area contributed by atoms with Crippen molar-refractivity contribution in [1.29, 1.82) is 0 Å². The molecule has 0 saturated heterocycles. The Bertz CT molecular complexity index is 567.